The van der Waals surface area contributed by atoms with Crippen molar-refractivity contribution in [3.63, 3.8) is 0 Å². The molecule has 4 atom stereocenters. The number of amides is 1. The van der Waals surface area contributed by atoms with E-state index in [-0.39, 0.29) is 12.1 Å². The van der Waals surface area contributed by atoms with E-state index in [1.54, 1.807) is 0 Å². The van der Waals surface area contributed by atoms with Crippen LogP contribution in [0.25, 0.3) is 0 Å². The Morgan fingerprint density at radius 1 is 1.50 bits per heavy atom. The Kier molecular flexibility index (Phi) is 1.54. The summed E-state index contributed by atoms with van der Waals surface area (Å²) in [7, 11) is 0. The fourth-order valence-corrected chi connectivity index (χ4v) is 2.57. The molecule has 4 unspecified atom stereocenters. The second-order valence-corrected chi connectivity index (χ2v) is 3.80. The van der Waals surface area contributed by atoms with E-state index in [1.165, 1.54) is 4.90 Å². The Hall–Kier alpha value is -0.770. The number of aliphatic hydroxyl groups is 1. The Morgan fingerprint density at radius 3 is 2.58 bits per heavy atom. The number of rotatable bonds is 0. The van der Waals surface area contributed by atoms with Crippen LogP contribution < -0.4 is 0 Å². The van der Waals surface area contributed by atoms with Crippen LogP contribution in [-0.2, 0) is 0 Å². The molecule has 0 aromatic heterocycles. The summed E-state index contributed by atoms with van der Waals surface area (Å²) in [4.78, 5) is 12.2. The molecule has 1 heterocycles. The summed E-state index contributed by atoms with van der Waals surface area (Å²) in [5, 5.41) is 18.3. The van der Waals surface area contributed by atoms with Gasteiger partial charge >= 0.3 is 6.09 Å². The fourth-order valence-electron chi connectivity index (χ4n) is 2.57. The van der Waals surface area contributed by atoms with E-state index in [0.29, 0.717) is 5.92 Å². The maximum absolute atomic E-state index is 10.8. The van der Waals surface area contributed by atoms with Gasteiger partial charge in [-0.15, -0.1) is 0 Å². The van der Waals surface area contributed by atoms with E-state index in [0.717, 1.165) is 12.8 Å². The topological polar surface area (TPSA) is 60.8 Å². The van der Waals surface area contributed by atoms with Gasteiger partial charge in [0.15, 0.2) is 0 Å². The van der Waals surface area contributed by atoms with Gasteiger partial charge in [0.2, 0.25) is 0 Å². The largest absolute Gasteiger partial charge is 0.465 e. The number of nitrogens with zero attached hydrogens (tertiary/aromatic N) is 1. The maximum Gasteiger partial charge on any atom is 0.407 e. The number of carbonyl (C=O) groups is 1. The van der Waals surface area contributed by atoms with E-state index in [1.807, 2.05) is 6.92 Å². The monoisotopic (exact) mass is 171 g/mol. The molecule has 1 saturated carbocycles. The van der Waals surface area contributed by atoms with Gasteiger partial charge in [0.1, 0.15) is 0 Å². The van der Waals surface area contributed by atoms with Crippen molar-refractivity contribution >= 4 is 6.09 Å². The average molecular weight is 171 g/mol. The number of piperidine rings is 1. The first-order valence-corrected chi connectivity index (χ1v) is 4.30. The molecule has 0 radical (unpaired) electrons. The van der Waals surface area contributed by atoms with Crippen molar-refractivity contribution in [3.05, 3.63) is 0 Å². The first-order chi connectivity index (χ1) is 5.61. The third-order valence-electron chi connectivity index (χ3n) is 3.23. The normalized spacial score (nSPS) is 45.3. The van der Waals surface area contributed by atoms with Crippen molar-refractivity contribution in [1.82, 2.24) is 4.90 Å². The van der Waals surface area contributed by atoms with Crippen LogP contribution in [0.4, 0.5) is 4.79 Å². The molecule has 1 aliphatic heterocycles. The molecule has 2 N–H and O–H groups in total. The Bertz CT molecular complexity index is 218. The molecular weight excluding hydrogens is 158 g/mol. The minimum absolute atomic E-state index is 0.0934. The number of fused-ring (bicyclic) bond motifs is 2. The zero-order valence-electron chi connectivity index (χ0n) is 6.97. The van der Waals surface area contributed by atoms with E-state index in [4.69, 9.17) is 5.11 Å². The lowest BCUT2D eigenvalue weighted by atomic mass is 10.00. The second kappa shape index (κ2) is 2.36. The molecule has 2 aliphatic rings. The van der Waals surface area contributed by atoms with Crippen LogP contribution in [-0.4, -0.2) is 39.4 Å². The molecule has 0 aromatic rings. The molecule has 2 fully saturated rings. The zero-order chi connectivity index (χ0) is 8.88. The molecule has 1 saturated heterocycles. The van der Waals surface area contributed by atoms with Crippen molar-refractivity contribution in [2.24, 2.45) is 5.92 Å². The van der Waals surface area contributed by atoms with Crippen LogP contribution >= 0.6 is 0 Å². The minimum atomic E-state index is -0.895. The number of carboxylic acid groups (broad SMARTS) is 1. The van der Waals surface area contributed by atoms with Gasteiger partial charge in [-0.3, -0.25) is 4.90 Å². The Balaban J connectivity index is 2.20. The standard InChI is InChI=1S/C8H13NO3/c1-4-5-2-6(7(10)3-5)9(4)8(11)12/h4-7,10H,2-3H2,1H3,(H,11,12). The van der Waals surface area contributed by atoms with Crippen LogP contribution in [0.1, 0.15) is 19.8 Å². The van der Waals surface area contributed by atoms with Gasteiger partial charge in [0, 0.05) is 6.04 Å². The van der Waals surface area contributed by atoms with Crippen LogP contribution in [0.15, 0.2) is 0 Å². The van der Waals surface area contributed by atoms with Crippen molar-refractivity contribution in [2.45, 2.75) is 38.0 Å². The highest BCUT2D eigenvalue weighted by molar-refractivity contribution is 5.67. The summed E-state index contributed by atoms with van der Waals surface area (Å²) in [6.45, 7) is 1.92. The van der Waals surface area contributed by atoms with Gasteiger partial charge in [-0.2, -0.15) is 0 Å². The zero-order valence-corrected chi connectivity index (χ0v) is 6.97. The number of likely N-dealkylation sites (tertiary alicyclic amines) is 1. The number of aliphatic hydroxyl groups excluding tert-OH is 1. The van der Waals surface area contributed by atoms with Crippen LogP contribution in [0.2, 0.25) is 0 Å². The second-order valence-electron chi connectivity index (χ2n) is 3.80. The van der Waals surface area contributed by atoms with Gasteiger partial charge in [0.05, 0.1) is 12.1 Å². The van der Waals surface area contributed by atoms with Crippen LogP contribution in [0.3, 0.4) is 0 Å². The minimum Gasteiger partial charge on any atom is -0.465 e. The molecule has 68 valence electrons. The molecule has 1 aliphatic carbocycles. The highest BCUT2D eigenvalue weighted by Gasteiger charge is 2.50. The van der Waals surface area contributed by atoms with Gasteiger partial charge < -0.3 is 10.2 Å². The summed E-state index contributed by atoms with van der Waals surface area (Å²) in [5.41, 5.74) is 0. The van der Waals surface area contributed by atoms with E-state index in [2.05, 4.69) is 0 Å². The highest BCUT2D eigenvalue weighted by atomic mass is 16.4. The lowest BCUT2D eigenvalue weighted by Gasteiger charge is -2.33. The summed E-state index contributed by atoms with van der Waals surface area (Å²) in [6, 6.07) is -0.0431. The molecule has 0 spiro atoms. The van der Waals surface area contributed by atoms with E-state index in [9.17, 15) is 9.90 Å². The summed E-state index contributed by atoms with van der Waals surface area (Å²) < 4.78 is 0. The van der Waals surface area contributed by atoms with Crippen molar-refractivity contribution < 1.29 is 15.0 Å². The third-order valence-corrected chi connectivity index (χ3v) is 3.23. The molecule has 4 nitrogen and oxygen atoms in total. The predicted molar refractivity (Wildman–Crippen MR) is 41.8 cm³/mol. The third kappa shape index (κ3) is 0.843. The number of hydrogen-bond acceptors (Lipinski definition) is 2. The molecule has 2 bridgehead atoms. The van der Waals surface area contributed by atoms with E-state index >= 15 is 0 Å². The molecule has 2 rings (SSSR count). The highest BCUT2D eigenvalue weighted by Crippen LogP contribution is 2.42. The first kappa shape index (κ1) is 7.86. The lowest BCUT2D eigenvalue weighted by Crippen LogP contribution is -2.48. The van der Waals surface area contributed by atoms with Gasteiger partial charge in [-0.1, -0.05) is 0 Å². The quantitative estimate of drug-likeness (QED) is 0.558. The Labute approximate surface area is 70.8 Å². The van der Waals surface area contributed by atoms with Crippen LogP contribution in [0.5, 0.6) is 0 Å². The molecule has 4 heteroatoms. The summed E-state index contributed by atoms with van der Waals surface area (Å²) in [5.74, 6) is 0.376. The molecular formula is C8H13NO3. The smallest absolute Gasteiger partial charge is 0.407 e. The van der Waals surface area contributed by atoms with Crippen molar-refractivity contribution in [2.75, 3.05) is 0 Å². The fraction of sp³-hybridized carbons (Fsp3) is 0.875. The maximum atomic E-state index is 10.8. The van der Waals surface area contributed by atoms with Gasteiger partial charge in [-0.05, 0) is 25.7 Å². The van der Waals surface area contributed by atoms with E-state index < -0.39 is 12.2 Å². The molecule has 1 amide bonds. The number of hydrogen-bond donors (Lipinski definition) is 2. The molecule has 0 aromatic carbocycles. The van der Waals surface area contributed by atoms with Crippen LogP contribution in [0, 0.1) is 5.92 Å². The molecule has 12 heavy (non-hydrogen) atoms. The van der Waals surface area contributed by atoms with Gasteiger partial charge in [-0.25, -0.2) is 4.79 Å². The SMILES string of the molecule is CC1C2CC(O)C(C2)N1C(=O)O. The summed E-state index contributed by atoms with van der Waals surface area (Å²) >= 11 is 0. The Morgan fingerprint density at radius 2 is 2.17 bits per heavy atom. The first-order valence-electron chi connectivity index (χ1n) is 4.30. The van der Waals surface area contributed by atoms with Crippen molar-refractivity contribution in [1.29, 1.82) is 0 Å². The van der Waals surface area contributed by atoms with Crippen molar-refractivity contribution in [3.8, 4) is 0 Å². The predicted octanol–water partition coefficient (Wildman–Crippen LogP) is 0.508. The summed E-state index contributed by atoms with van der Waals surface area (Å²) in [6.07, 6.45) is 0.292. The van der Waals surface area contributed by atoms with Gasteiger partial charge in [0.25, 0.3) is 0 Å². The average Bonchev–Trinajstić information content (AvgIpc) is 2.44. The lowest BCUT2D eigenvalue weighted by molar-refractivity contribution is 0.0331.